The van der Waals surface area contributed by atoms with Crippen LogP contribution in [0.4, 0.5) is 5.69 Å². The van der Waals surface area contributed by atoms with Gasteiger partial charge in [-0.25, -0.2) is 23.2 Å². The molecule has 9 nitrogen and oxygen atoms in total. The number of aromatic amines is 1. The van der Waals surface area contributed by atoms with Gasteiger partial charge in [-0.15, -0.1) is 0 Å². The van der Waals surface area contributed by atoms with Crippen molar-refractivity contribution >= 4 is 32.6 Å². The lowest BCUT2D eigenvalue weighted by molar-refractivity contribution is 0.555. The first-order valence-electron chi connectivity index (χ1n) is 8.54. The van der Waals surface area contributed by atoms with Crippen molar-refractivity contribution in [3.05, 3.63) is 77.7 Å². The average molecular weight is 407 g/mol. The van der Waals surface area contributed by atoms with Crippen molar-refractivity contribution in [1.82, 2.24) is 19.4 Å². The van der Waals surface area contributed by atoms with E-state index in [1.807, 2.05) is 22.9 Å². The minimum absolute atomic E-state index is 0.0116. The van der Waals surface area contributed by atoms with E-state index in [4.69, 9.17) is 4.42 Å². The molecule has 3 heterocycles. The molecule has 0 amide bonds. The van der Waals surface area contributed by atoms with E-state index in [9.17, 15) is 13.2 Å². The molecular weight excluding hydrogens is 394 g/mol. The number of imidazole rings is 1. The molecule has 0 saturated heterocycles. The van der Waals surface area contributed by atoms with Crippen LogP contribution in [-0.4, -0.2) is 27.8 Å². The quantitative estimate of drug-likeness (QED) is 0.472. The molecule has 3 aromatic heterocycles. The van der Waals surface area contributed by atoms with Crippen molar-refractivity contribution in [3.8, 4) is 11.3 Å². The SMILES string of the molecule is O=c1[nH]c2cc(S(=O)(=O)Nc3ccc(-c4cn5cccnc5n4)cc3)ccc2o1. The third-order valence-corrected chi connectivity index (χ3v) is 5.75. The number of nitrogens with zero attached hydrogens (tertiary/aromatic N) is 3. The van der Waals surface area contributed by atoms with Crippen LogP contribution in [0.2, 0.25) is 0 Å². The van der Waals surface area contributed by atoms with Gasteiger partial charge in [0.05, 0.1) is 16.1 Å². The maximum Gasteiger partial charge on any atom is 0.417 e. The summed E-state index contributed by atoms with van der Waals surface area (Å²) in [5.41, 5.74) is 2.56. The smallest absolute Gasteiger partial charge is 0.408 e. The van der Waals surface area contributed by atoms with Gasteiger partial charge in [0.2, 0.25) is 5.78 Å². The van der Waals surface area contributed by atoms with Crippen LogP contribution in [0.25, 0.3) is 28.1 Å². The van der Waals surface area contributed by atoms with Crippen molar-refractivity contribution in [3.63, 3.8) is 0 Å². The minimum Gasteiger partial charge on any atom is -0.408 e. The van der Waals surface area contributed by atoms with Gasteiger partial charge < -0.3 is 4.42 Å². The molecule has 144 valence electrons. The Labute approximate surface area is 163 Å². The number of sulfonamides is 1. The first-order valence-corrected chi connectivity index (χ1v) is 10.0. The van der Waals surface area contributed by atoms with E-state index in [0.29, 0.717) is 22.6 Å². The van der Waals surface area contributed by atoms with Gasteiger partial charge in [-0.3, -0.25) is 14.1 Å². The molecule has 0 spiro atoms. The van der Waals surface area contributed by atoms with Crippen molar-refractivity contribution < 1.29 is 12.8 Å². The summed E-state index contributed by atoms with van der Waals surface area (Å²) in [5, 5.41) is 0. The van der Waals surface area contributed by atoms with E-state index in [1.165, 1.54) is 18.2 Å². The fourth-order valence-electron chi connectivity index (χ4n) is 2.99. The zero-order chi connectivity index (χ0) is 20.0. The fraction of sp³-hybridized carbons (Fsp3) is 0. The lowest BCUT2D eigenvalue weighted by Crippen LogP contribution is -2.12. The predicted molar refractivity (Wildman–Crippen MR) is 106 cm³/mol. The summed E-state index contributed by atoms with van der Waals surface area (Å²) >= 11 is 0. The zero-order valence-electron chi connectivity index (χ0n) is 14.7. The van der Waals surface area contributed by atoms with Crippen LogP contribution in [0.5, 0.6) is 0 Å². The molecule has 0 aliphatic rings. The van der Waals surface area contributed by atoms with E-state index in [-0.39, 0.29) is 4.90 Å². The number of fused-ring (bicyclic) bond motifs is 2. The largest absolute Gasteiger partial charge is 0.417 e. The second-order valence-corrected chi connectivity index (χ2v) is 7.99. The number of aromatic nitrogens is 4. The van der Waals surface area contributed by atoms with Crippen molar-refractivity contribution in [2.75, 3.05) is 4.72 Å². The van der Waals surface area contributed by atoms with Gasteiger partial charge in [-0.2, -0.15) is 0 Å². The summed E-state index contributed by atoms with van der Waals surface area (Å²) in [7, 11) is -3.84. The Morgan fingerprint density at radius 1 is 1.10 bits per heavy atom. The Morgan fingerprint density at radius 3 is 2.72 bits per heavy atom. The van der Waals surface area contributed by atoms with Crippen LogP contribution in [0, 0.1) is 0 Å². The van der Waals surface area contributed by atoms with Gasteiger partial charge in [0.1, 0.15) is 0 Å². The van der Waals surface area contributed by atoms with Crippen LogP contribution in [0.15, 0.2) is 81.2 Å². The molecular formula is C19H13N5O4S. The predicted octanol–water partition coefficient (Wildman–Crippen LogP) is 2.63. The Hall–Kier alpha value is -3.92. The van der Waals surface area contributed by atoms with E-state index in [2.05, 4.69) is 19.7 Å². The van der Waals surface area contributed by atoms with Crippen LogP contribution >= 0.6 is 0 Å². The highest BCUT2D eigenvalue weighted by atomic mass is 32.2. The topological polar surface area (TPSA) is 122 Å². The number of H-pyrrole nitrogens is 1. The van der Waals surface area contributed by atoms with Gasteiger partial charge in [0, 0.05) is 29.8 Å². The standard InChI is InChI=1S/C19H13N5O4S/c25-19-22-15-10-14(6-7-17(15)28-19)29(26,27)23-13-4-2-12(3-5-13)16-11-24-9-1-8-20-18(24)21-16/h1-11,23H,(H,22,25). The number of hydrogen-bond donors (Lipinski definition) is 2. The highest BCUT2D eigenvalue weighted by Gasteiger charge is 2.16. The Bertz CT molecular complexity index is 1480. The fourth-order valence-corrected chi connectivity index (χ4v) is 4.07. The highest BCUT2D eigenvalue weighted by Crippen LogP contribution is 2.23. The average Bonchev–Trinajstić information content (AvgIpc) is 3.30. The molecule has 0 aliphatic carbocycles. The lowest BCUT2D eigenvalue weighted by atomic mass is 10.1. The minimum atomic E-state index is -3.84. The maximum absolute atomic E-state index is 12.7. The van der Waals surface area contributed by atoms with Crippen molar-refractivity contribution in [2.45, 2.75) is 4.90 Å². The lowest BCUT2D eigenvalue weighted by Gasteiger charge is -2.08. The zero-order valence-corrected chi connectivity index (χ0v) is 15.6. The summed E-state index contributed by atoms with van der Waals surface area (Å²) < 4.78 is 34.6. The molecule has 29 heavy (non-hydrogen) atoms. The third-order valence-electron chi connectivity index (χ3n) is 4.37. The summed E-state index contributed by atoms with van der Waals surface area (Å²) in [6.45, 7) is 0. The van der Waals surface area contributed by atoms with Crippen LogP contribution in [0.1, 0.15) is 0 Å². The molecule has 0 atom stereocenters. The van der Waals surface area contributed by atoms with Gasteiger partial charge in [0.25, 0.3) is 10.0 Å². The molecule has 2 aromatic carbocycles. The number of oxazole rings is 1. The molecule has 2 N–H and O–H groups in total. The van der Waals surface area contributed by atoms with E-state index < -0.39 is 15.8 Å². The molecule has 5 rings (SSSR count). The van der Waals surface area contributed by atoms with Crippen molar-refractivity contribution in [2.24, 2.45) is 0 Å². The van der Waals surface area contributed by atoms with Crippen LogP contribution in [-0.2, 0) is 10.0 Å². The molecule has 10 heteroatoms. The summed E-state index contributed by atoms with van der Waals surface area (Å²) in [6, 6.07) is 12.8. The van der Waals surface area contributed by atoms with Crippen LogP contribution < -0.4 is 10.5 Å². The van der Waals surface area contributed by atoms with E-state index >= 15 is 0 Å². The second kappa shape index (κ2) is 6.31. The summed E-state index contributed by atoms with van der Waals surface area (Å²) in [4.78, 5) is 22.3. The molecule has 0 unspecified atom stereocenters. The first kappa shape index (κ1) is 17.2. The highest BCUT2D eigenvalue weighted by molar-refractivity contribution is 7.92. The molecule has 5 aromatic rings. The number of rotatable bonds is 4. The molecule has 0 aliphatic heterocycles. The van der Waals surface area contributed by atoms with Crippen LogP contribution in [0.3, 0.4) is 0 Å². The number of nitrogens with one attached hydrogen (secondary N) is 2. The molecule has 0 saturated carbocycles. The van der Waals surface area contributed by atoms with Gasteiger partial charge >= 0.3 is 5.76 Å². The monoisotopic (exact) mass is 407 g/mol. The van der Waals surface area contributed by atoms with E-state index in [1.54, 1.807) is 30.5 Å². The number of hydrogen-bond acceptors (Lipinski definition) is 6. The number of anilines is 1. The normalized spacial score (nSPS) is 11.9. The van der Waals surface area contributed by atoms with Gasteiger partial charge in [0.15, 0.2) is 5.58 Å². The Balaban J connectivity index is 1.42. The number of benzene rings is 2. The first-order chi connectivity index (χ1) is 14.0. The Kier molecular flexibility index (Phi) is 3.74. The third kappa shape index (κ3) is 3.15. The molecule has 0 radical (unpaired) electrons. The summed E-state index contributed by atoms with van der Waals surface area (Å²) in [6.07, 6.45) is 5.37. The molecule has 0 fully saturated rings. The van der Waals surface area contributed by atoms with Crippen molar-refractivity contribution in [1.29, 1.82) is 0 Å². The maximum atomic E-state index is 12.7. The summed E-state index contributed by atoms with van der Waals surface area (Å²) in [5.74, 6) is -0.0554. The van der Waals surface area contributed by atoms with Gasteiger partial charge in [-0.05, 0) is 36.4 Å². The molecule has 0 bridgehead atoms. The second-order valence-electron chi connectivity index (χ2n) is 6.31. The van der Waals surface area contributed by atoms with Gasteiger partial charge in [-0.1, -0.05) is 12.1 Å². The Morgan fingerprint density at radius 2 is 1.93 bits per heavy atom. The van der Waals surface area contributed by atoms with E-state index in [0.717, 1.165) is 11.3 Å².